The fourth-order valence-electron chi connectivity index (χ4n) is 3.37. The minimum Gasteiger partial charge on any atom is -0.396 e. The Morgan fingerprint density at radius 3 is 2.76 bits per heavy atom. The van der Waals surface area contributed by atoms with Crippen molar-refractivity contribution in [2.45, 2.75) is 19.4 Å². The van der Waals surface area contributed by atoms with Gasteiger partial charge in [0.05, 0.1) is 12.6 Å². The quantitative estimate of drug-likeness (QED) is 0.839. The maximum Gasteiger partial charge on any atom is 0.219 e. The highest BCUT2D eigenvalue weighted by molar-refractivity contribution is 5.75. The molecule has 3 nitrogen and oxygen atoms in total. The van der Waals surface area contributed by atoms with Gasteiger partial charge in [-0.05, 0) is 17.9 Å². The molecule has 17 heavy (non-hydrogen) atoms. The zero-order chi connectivity index (χ0) is 12.0. The molecule has 1 aromatic rings. The number of aliphatic hydroxyl groups is 1. The molecular weight excluding hydrogens is 214 g/mol. The van der Waals surface area contributed by atoms with Gasteiger partial charge >= 0.3 is 0 Å². The zero-order valence-corrected chi connectivity index (χ0v) is 9.97. The highest BCUT2D eigenvalue weighted by Crippen LogP contribution is 2.66. The largest absolute Gasteiger partial charge is 0.396 e. The lowest BCUT2D eigenvalue weighted by atomic mass is 9.90. The van der Waals surface area contributed by atoms with Crippen LogP contribution in [0.3, 0.4) is 0 Å². The first-order valence-corrected chi connectivity index (χ1v) is 6.12. The number of rotatable bonds is 2. The summed E-state index contributed by atoms with van der Waals surface area (Å²) in [5.74, 6) is 0.598. The molecule has 3 rings (SSSR count). The average molecular weight is 231 g/mol. The zero-order valence-electron chi connectivity index (χ0n) is 9.97. The van der Waals surface area contributed by atoms with Crippen LogP contribution in [0.1, 0.15) is 24.9 Å². The van der Waals surface area contributed by atoms with Gasteiger partial charge in [0.2, 0.25) is 5.91 Å². The van der Waals surface area contributed by atoms with Gasteiger partial charge in [0.15, 0.2) is 0 Å². The molecule has 90 valence electrons. The van der Waals surface area contributed by atoms with Crippen LogP contribution in [0, 0.1) is 11.3 Å². The van der Waals surface area contributed by atoms with Gasteiger partial charge in [-0.25, -0.2) is 0 Å². The Bertz CT molecular complexity index is 441. The van der Waals surface area contributed by atoms with E-state index < -0.39 is 0 Å². The Hall–Kier alpha value is -1.35. The molecule has 1 N–H and O–H groups in total. The van der Waals surface area contributed by atoms with Crippen molar-refractivity contribution in [3.8, 4) is 0 Å². The van der Waals surface area contributed by atoms with Crippen LogP contribution in [0.15, 0.2) is 30.3 Å². The summed E-state index contributed by atoms with van der Waals surface area (Å²) in [7, 11) is 0. The second-order valence-corrected chi connectivity index (χ2v) is 5.28. The Labute approximate surface area is 101 Å². The fourth-order valence-corrected chi connectivity index (χ4v) is 3.37. The van der Waals surface area contributed by atoms with E-state index in [1.54, 1.807) is 6.92 Å². The highest BCUT2D eigenvalue weighted by atomic mass is 16.3. The Morgan fingerprint density at radius 1 is 1.47 bits per heavy atom. The van der Waals surface area contributed by atoms with Gasteiger partial charge in [0.25, 0.3) is 0 Å². The van der Waals surface area contributed by atoms with E-state index in [0.29, 0.717) is 5.92 Å². The van der Waals surface area contributed by atoms with E-state index in [9.17, 15) is 9.90 Å². The topological polar surface area (TPSA) is 40.5 Å². The summed E-state index contributed by atoms with van der Waals surface area (Å²) in [5.41, 5.74) is 1.09. The van der Waals surface area contributed by atoms with E-state index in [2.05, 4.69) is 12.1 Å². The smallest absolute Gasteiger partial charge is 0.219 e. The molecule has 3 atom stereocenters. The van der Waals surface area contributed by atoms with Crippen molar-refractivity contribution in [1.29, 1.82) is 0 Å². The summed E-state index contributed by atoms with van der Waals surface area (Å²) >= 11 is 0. The number of carbonyl (C=O) groups excluding carboxylic acids is 1. The second-order valence-electron chi connectivity index (χ2n) is 5.28. The molecule has 3 unspecified atom stereocenters. The number of amides is 1. The van der Waals surface area contributed by atoms with E-state index in [0.717, 1.165) is 18.5 Å². The van der Waals surface area contributed by atoms with Crippen LogP contribution in [-0.4, -0.2) is 29.1 Å². The first-order chi connectivity index (χ1) is 8.19. The average Bonchev–Trinajstić information content (AvgIpc) is 2.96. The molecule has 0 aromatic heterocycles. The van der Waals surface area contributed by atoms with Crippen molar-refractivity contribution < 1.29 is 9.90 Å². The maximum absolute atomic E-state index is 11.7. The number of piperidine rings is 1. The van der Waals surface area contributed by atoms with Gasteiger partial charge in [-0.1, -0.05) is 30.3 Å². The minimum absolute atomic E-state index is 0.0625. The monoisotopic (exact) mass is 231 g/mol. The number of hydrogen-bond acceptors (Lipinski definition) is 2. The normalized spacial score (nSPS) is 34.6. The Kier molecular flexibility index (Phi) is 2.26. The van der Waals surface area contributed by atoms with Gasteiger partial charge in [0.1, 0.15) is 0 Å². The van der Waals surface area contributed by atoms with Crippen LogP contribution in [0.25, 0.3) is 0 Å². The molecule has 3 heteroatoms. The summed E-state index contributed by atoms with van der Waals surface area (Å²) in [6.45, 7) is 2.60. The van der Waals surface area contributed by atoms with Crippen molar-refractivity contribution in [1.82, 2.24) is 4.90 Å². The van der Waals surface area contributed by atoms with Crippen LogP contribution in [0.2, 0.25) is 0 Å². The van der Waals surface area contributed by atoms with Crippen LogP contribution < -0.4 is 0 Å². The number of likely N-dealkylation sites (tertiary alicyclic amines) is 1. The molecule has 2 fully saturated rings. The van der Waals surface area contributed by atoms with Crippen LogP contribution in [-0.2, 0) is 4.79 Å². The Morgan fingerprint density at radius 2 is 2.18 bits per heavy atom. The molecule has 1 amide bonds. The molecule has 1 aliphatic carbocycles. The standard InChI is InChI=1S/C14H17NO2/c1-10(17)15-8-12-7-14(12,9-16)13(15)11-5-3-2-4-6-11/h2-6,12-13,16H,7-9H2,1H3. The summed E-state index contributed by atoms with van der Waals surface area (Å²) in [4.78, 5) is 13.6. The van der Waals surface area contributed by atoms with Gasteiger partial charge in [-0.15, -0.1) is 0 Å². The molecule has 1 aromatic carbocycles. The van der Waals surface area contributed by atoms with Crippen molar-refractivity contribution >= 4 is 5.91 Å². The van der Waals surface area contributed by atoms with Crippen LogP contribution in [0.4, 0.5) is 0 Å². The molecule has 0 bridgehead atoms. The number of aliphatic hydroxyl groups excluding tert-OH is 1. The number of carbonyl (C=O) groups is 1. The maximum atomic E-state index is 11.7. The van der Waals surface area contributed by atoms with Gasteiger partial charge in [-0.3, -0.25) is 4.79 Å². The van der Waals surface area contributed by atoms with E-state index >= 15 is 0 Å². The lowest BCUT2D eigenvalue weighted by Gasteiger charge is -2.31. The predicted octanol–water partition coefficient (Wildman–Crippen LogP) is 1.59. The number of hydrogen-bond donors (Lipinski definition) is 1. The molecule has 1 aliphatic heterocycles. The minimum atomic E-state index is -0.0625. The first-order valence-electron chi connectivity index (χ1n) is 6.12. The van der Waals surface area contributed by atoms with Gasteiger partial charge in [-0.2, -0.15) is 0 Å². The van der Waals surface area contributed by atoms with Crippen LogP contribution in [0.5, 0.6) is 0 Å². The Balaban J connectivity index is 2.00. The molecule has 2 aliphatic rings. The van der Waals surface area contributed by atoms with E-state index in [-0.39, 0.29) is 24.0 Å². The third-order valence-electron chi connectivity index (χ3n) is 4.37. The van der Waals surface area contributed by atoms with Crippen LogP contribution >= 0.6 is 0 Å². The molecule has 1 heterocycles. The van der Waals surface area contributed by atoms with Crippen molar-refractivity contribution in [3.05, 3.63) is 35.9 Å². The summed E-state index contributed by atoms with van der Waals surface area (Å²) < 4.78 is 0. The van der Waals surface area contributed by atoms with E-state index in [4.69, 9.17) is 0 Å². The molecule has 1 saturated carbocycles. The van der Waals surface area contributed by atoms with E-state index in [1.807, 2.05) is 23.1 Å². The third-order valence-corrected chi connectivity index (χ3v) is 4.37. The lowest BCUT2D eigenvalue weighted by molar-refractivity contribution is -0.131. The van der Waals surface area contributed by atoms with Crippen molar-refractivity contribution in [3.63, 3.8) is 0 Å². The van der Waals surface area contributed by atoms with Crippen molar-refractivity contribution in [2.75, 3.05) is 13.2 Å². The van der Waals surface area contributed by atoms with E-state index in [1.165, 1.54) is 0 Å². The SMILES string of the molecule is CC(=O)N1CC2CC2(CO)C1c1ccccc1. The third kappa shape index (κ3) is 1.42. The first kappa shape index (κ1) is 10.8. The van der Waals surface area contributed by atoms with Gasteiger partial charge in [0, 0.05) is 18.9 Å². The number of benzene rings is 1. The van der Waals surface area contributed by atoms with Gasteiger partial charge < -0.3 is 10.0 Å². The molecule has 0 spiro atoms. The molecule has 1 saturated heterocycles. The number of nitrogens with zero attached hydrogens (tertiary/aromatic N) is 1. The molecular formula is C14H17NO2. The summed E-state index contributed by atoms with van der Waals surface area (Å²) in [6, 6.07) is 10.1. The molecule has 0 radical (unpaired) electrons. The predicted molar refractivity (Wildman–Crippen MR) is 64.2 cm³/mol. The van der Waals surface area contributed by atoms with Crippen molar-refractivity contribution in [2.24, 2.45) is 11.3 Å². The lowest BCUT2D eigenvalue weighted by Crippen LogP contribution is -2.34. The summed E-state index contributed by atoms with van der Waals surface area (Å²) in [5, 5.41) is 9.66. The fraction of sp³-hybridized carbons (Fsp3) is 0.500. The summed E-state index contributed by atoms with van der Waals surface area (Å²) in [6.07, 6.45) is 1.05. The highest BCUT2D eigenvalue weighted by Gasteiger charge is 2.66. The number of fused-ring (bicyclic) bond motifs is 1. The second kappa shape index (κ2) is 3.57.